The van der Waals surface area contributed by atoms with Crippen LogP contribution in [-0.2, 0) is 16.1 Å². The summed E-state index contributed by atoms with van der Waals surface area (Å²) in [6, 6.07) is 11.8. The van der Waals surface area contributed by atoms with Gasteiger partial charge < -0.3 is 15.1 Å². The van der Waals surface area contributed by atoms with Crippen LogP contribution in [0.4, 0.5) is 14.5 Å². The summed E-state index contributed by atoms with van der Waals surface area (Å²) < 4.78 is 26.5. The Labute approximate surface area is 157 Å². The lowest BCUT2D eigenvalue weighted by atomic mass is 10.2. The molecule has 0 bridgehead atoms. The van der Waals surface area contributed by atoms with E-state index in [1.54, 1.807) is 30.1 Å². The molecule has 0 aliphatic carbocycles. The van der Waals surface area contributed by atoms with Crippen molar-refractivity contribution < 1.29 is 23.3 Å². The number of nitrogens with zero attached hydrogens (tertiary/aromatic N) is 1. The van der Waals surface area contributed by atoms with Crippen molar-refractivity contribution >= 4 is 17.5 Å². The number of hydrogen-bond acceptors (Lipinski definition) is 2. The van der Waals surface area contributed by atoms with Crippen LogP contribution in [-0.4, -0.2) is 43.4 Å². The Kier molecular flexibility index (Phi) is 7.43. The van der Waals surface area contributed by atoms with Gasteiger partial charge in [0.15, 0.2) is 13.1 Å². The van der Waals surface area contributed by atoms with E-state index >= 15 is 0 Å². The molecule has 0 aromatic heterocycles. The molecule has 1 atom stereocenters. The van der Waals surface area contributed by atoms with Crippen LogP contribution in [0.5, 0.6) is 0 Å². The van der Waals surface area contributed by atoms with Gasteiger partial charge in [0.25, 0.3) is 11.8 Å². The second-order valence-electron chi connectivity index (χ2n) is 6.41. The molecule has 0 heterocycles. The molecule has 5 nitrogen and oxygen atoms in total. The number of rotatable bonds is 8. The predicted octanol–water partition coefficient (Wildman–Crippen LogP) is 1.47. The second-order valence-corrected chi connectivity index (χ2v) is 6.41. The van der Waals surface area contributed by atoms with Crippen LogP contribution in [0.2, 0.25) is 0 Å². The molecule has 0 saturated heterocycles. The summed E-state index contributed by atoms with van der Waals surface area (Å²) in [5.41, 5.74) is 1.09. The topological polar surface area (TPSA) is 53.9 Å². The van der Waals surface area contributed by atoms with E-state index in [-0.39, 0.29) is 30.7 Å². The van der Waals surface area contributed by atoms with E-state index in [9.17, 15) is 18.4 Å². The van der Waals surface area contributed by atoms with Gasteiger partial charge in [-0.25, -0.2) is 8.78 Å². The van der Waals surface area contributed by atoms with Crippen molar-refractivity contribution in [2.45, 2.75) is 13.5 Å². The average molecular weight is 376 g/mol. The van der Waals surface area contributed by atoms with Crippen molar-refractivity contribution in [1.82, 2.24) is 4.90 Å². The number of halogens is 2. The number of amides is 2. The summed E-state index contributed by atoms with van der Waals surface area (Å²) in [6.07, 6.45) is 0. The summed E-state index contributed by atoms with van der Waals surface area (Å²) in [4.78, 5) is 26.9. The molecule has 7 heteroatoms. The zero-order chi connectivity index (χ0) is 19.8. The molecule has 0 aliphatic rings. The first-order chi connectivity index (χ1) is 12.9. The van der Waals surface area contributed by atoms with Crippen molar-refractivity contribution in [2.24, 2.45) is 0 Å². The molecule has 2 amide bonds. The van der Waals surface area contributed by atoms with Gasteiger partial charge in [0.1, 0.15) is 11.6 Å². The van der Waals surface area contributed by atoms with Gasteiger partial charge in [-0.1, -0.05) is 18.2 Å². The van der Waals surface area contributed by atoms with Gasteiger partial charge in [-0.2, -0.15) is 0 Å². The zero-order valence-electron chi connectivity index (χ0n) is 15.5. The Morgan fingerprint density at radius 3 is 2.33 bits per heavy atom. The van der Waals surface area contributed by atoms with E-state index < -0.39 is 5.82 Å². The molecule has 144 valence electrons. The maximum Gasteiger partial charge on any atom is 0.279 e. The standard InChI is InChI=1S/C20H23F2N3O2/c1-3-25(12-15-6-4-7-16(21)10-15)20(27)14-24(2)13-19(26)23-18-9-5-8-17(22)11-18/h4-11H,3,12-14H2,1-2H3,(H,23,26)/p+1. The lowest BCUT2D eigenvalue weighted by Gasteiger charge is -2.22. The maximum absolute atomic E-state index is 13.3. The van der Waals surface area contributed by atoms with Gasteiger partial charge in [-0.05, 0) is 42.8 Å². The maximum atomic E-state index is 13.3. The monoisotopic (exact) mass is 376 g/mol. The minimum Gasteiger partial charge on any atom is -0.334 e. The van der Waals surface area contributed by atoms with Crippen molar-refractivity contribution in [3.63, 3.8) is 0 Å². The minimum absolute atomic E-state index is 0.0692. The summed E-state index contributed by atoms with van der Waals surface area (Å²) in [5, 5.41) is 2.61. The van der Waals surface area contributed by atoms with Crippen LogP contribution in [0.15, 0.2) is 48.5 Å². The summed E-state index contributed by atoms with van der Waals surface area (Å²) >= 11 is 0. The Bertz CT molecular complexity index is 798. The molecule has 0 aliphatic heterocycles. The Morgan fingerprint density at radius 2 is 1.70 bits per heavy atom. The lowest BCUT2D eigenvalue weighted by Crippen LogP contribution is -3.11. The Morgan fingerprint density at radius 1 is 1.04 bits per heavy atom. The third kappa shape index (κ3) is 6.79. The summed E-state index contributed by atoms with van der Waals surface area (Å²) in [5.74, 6) is -1.20. The highest BCUT2D eigenvalue weighted by atomic mass is 19.1. The van der Waals surface area contributed by atoms with Crippen LogP contribution in [0.3, 0.4) is 0 Å². The highest BCUT2D eigenvalue weighted by molar-refractivity contribution is 5.91. The van der Waals surface area contributed by atoms with E-state index in [1.165, 1.54) is 30.3 Å². The molecule has 0 radical (unpaired) electrons. The van der Waals surface area contributed by atoms with Gasteiger partial charge in [-0.3, -0.25) is 9.59 Å². The summed E-state index contributed by atoms with van der Waals surface area (Å²) in [6.45, 7) is 2.84. The van der Waals surface area contributed by atoms with E-state index in [1.807, 2.05) is 6.92 Å². The third-order valence-corrected chi connectivity index (χ3v) is 4.02. The SMILES string of the molecule is CCN(Cc1cccc(F)c1)C(=O)C[NH+](C)CC(=O)Nc1cccc(F)c1. The van der Waals surface area contributed by atoms with Gasteiger partial charge in [0, 0.05) is 18.8 Å². The van der Waals surface area contributed by atoms with Gasteiger partial charge in [0.2, 0.25) is 0 Å². The van der Waals surface area contributed by atoms with Gasteiger partial charge >= 0.3 is 0 Å². The smallest absolute Gasteiger partial charge is 0.279 e. The first-order valence-corrected chi connectivity index (χ1v) is 8.76. The quantitative estimate of drug-likeness (QED) is 0.733. The van der Waals surface area contributed by atoms with E-state index in [4.69, 9.17) is 0 Å². The first kappa shape index (κ1) is 20.5. The number of hydrogen-bond donors (Lipinski definition) is 2. The van der Waals surface area contributed by atoms with E-state index in [2.05, 4.69) is 5.32 Å². The molecule has 0 saturated carbocycles. The number of anilines is 1. The number of benzene rings is 2. The fourth-order valence-electron chi connectivity index (χ4n) is 2.71. The predicted molar refractivity (Wildman–Crippen MR) is 99.1 cm³/mol. The molecule has 1 unspecified atom stereocenters. The number of quaternary nitrogens is 1. The number of carbonyl (C=O) groups excluding carboxylic acids is 2. The second kappa shape index (κ2) is 9.78. The average Bonchev–Trinajstić information content (AvgIpc) is 2.59. The van der Waals surface area contributed by atoms with Crippen LogP contribution in [0.1, 0.15) is 12.5 Å². The summed E-state index contributed by atoms with van der Waals surface area (Å²) in [7, 11) is 1.74. The Balaban J connectivity index is 1.86. The van der Waals surface area contributed by atoms with E-state index in [0.29, 0.717) is 29.2 Å². The van der Waals surface area contributed by atoms with E-state index in [0.717, 1.165) is 0 Å². The Hall–Kier alpha value is -2.80. The molecule has 0 spiro atoms. The molecule has 2 aromatic rings. The fourth-order valence-corrected chi connectivity index (χ4v) is 2.71. The molecular weight excluding hydrogens is 352 g/mol. The van der Waals surface area contributed by atoms with Crippen molar-refractivity contribution in [2.75, 3.05) is 32.0 Å². The van der Waals surface area contributed by atoms with Crippen molar-refractivity contribution in [3.8, 4) is 0 Å². The number of likely N-dealkylation sites (N-methyl/N-ethyl adjacent to an activating group) is 2. The molecule has 2 aromatic carbocycles. The highest BCUT2D eigenvalue weighted by Crippen LogP contribution is 2.09. The zero-order valence-corrected chi connectivity index (χ0v) is 15.5. The van der Waals surface area contributed by atoms with Crippen LogP contribution < -0.4 is 10.2 Å². The van der Waals surface area contributed by atoms with Crippen LogP contribution >= 0.6 is 0 Å². The van der Waals surface area contributed by atoms with Gasteiger partial charge in [0.05, 0.1) is 7.05 Å². The normalized spacial score (nSPS) is 11.7. The molecule has 2 N–H and O–H groups in total. The fraction of sp³-hybridized carbons (Fsp3) is 0.300. The van der Waals surface area contributed by atoms with Crippen LogP contribution in [0.25, 0.3) is 0 Å². The number of nitrogens with one attached hydrogen (secondary N) is 2. The molecule has 2 rings (SSSR count). The minimum atomic E-state index is -0.431. The third-order valence-electron chi connectivity index (χ3n) is 4.02. The largest absolute Gasteiger partial charge is 0.334 e. The van der Waals surface area contributed by atoms with Gasteiger partial charge in [-0.15, -0.1) is 0 Å². The highest BCUT2D eigenvalue weighted by Gasteiger charge is 2.19. The molecule has 0 fully saturated rings. The number of carbonyl (C=O) groups is 2. The first-order valence-electron chi connectivity index (χ1n) is 8.76. The molecular formula is C20H24F2N3O2+. The van der Waals surface area contributed by atoms with Crippen molar-refractivity contribution in [3.05, 3.63) is 65.7 Å². The molecule has 27 heavy (non-hydrogen) atoms. The lowest BCUT2D eigenvalue weighted by molar-refractivity contribution is -0.862. The van der Waals surface area contributed by atoms with Crippen molar-refractivity contribution in [1.29, 1.82) is 0 Å². The van der Waals surface area contributed by atoms with Crippen LogP contribution in [0, 0.1) is 11.6 Å².